The monoisotopic (exact) mass is 294 g/mol. The molecule has 0 aliphatic carbocycles. The van der Waals surface area contributed by atoms with Gasteiger partial charge < -0.3 is 10.2 Å². The molecular weight excluding hydrogens is 272 g/mol. The molecule has 1 aromatic rings. The summed E-state index contributed by atoms with van der Waals surface area (Å²) < 4.78 is 0. The number of hydrogen-bond acceptors (Lipinski definition) is 2. The van der Waals surface area contributed by atoms with Crippen LogP contribution in [-0.4, -0.2) is 29.4 Å². The molecule has 1 unspecified atom stereocenters. The van der Waals surface area contributed by atoms with Crippen LogP contribution in [-0.2, 0) is 17.8 Å². The van der Waals surface area contributed by atoms with Gasteiger partial charge in [0.2, 0.25) is 5.91 Å². The van der Waals surface area contributed by atoms with Gasteiger partial charge in [-0.25, -0.2) is 0 Å². The molecule has 20 heavy (non-hydrogen) atoms. The summed E-state index contributed by atoms with van der Waals surface area (Å²) in [4.78, 5) is 14.8. The average Bonchev–Trinajstić information content (AvgIpc) is 2.47. The molecule has 1 N–H and O–H groups in total. The van der Waals surface area contributed by atoms with E-state index in [1.165, 1.54) is 17.5 Å². The Hall–Kier alpha value is -1.06. The minimum atomic E-state index is -0.343. The zero-order valence-electron chi connectivity index (χ0n) is 12.0. The Kier molecular flexibility index (Phi) is 4.71. The summed E-state index contributed by atoms with van der Waals surface area (Å²) in [7, 11) is 0. The van der Waals surface area contributed by atoms with Crippen molar-refractivity contribution in [2.75, 3.05) is 13.1 Å². The summed E-state index contributed by atoms with van der Waals surface area (Å²) in [6.45, 7) is 4.65. The fourth-order valence-corrected chi connectivity index (χ4v) is 3.26. The number of amides is 1. The molecule has 4 heteroatoms. The molecule has 0 aromatic heterocycles. The van der Waals surface area contributed by atoms with E-state index in [1.54, 1.807) is 0 Å². The molecule has 2 aliphatic heterocycles. The topological polar surface area (TPSA) is 32.3 Å². The maximum Gasteiger partial charge on any atom is 0.242 e. The predicted octanol–water partition coefficient (Wildman–Crippen LogP) is 2.53. The number of rotatable bonds is 1. The number of carbonyl (C=O) groups is 1. The summed E-state index contributed by atoms with van der Waals surface area (Å²) in [6.07, 6.45) is 4.29. The molecule has 1 saturated heterocycles. The van der Waals surface area contributed by atoms with Crippen molar-refractivity contribution >= 4 is 18.3 Å². The fraction of sp³-hybridized carbons (Fsp3) is 0.562. The Morgan fingerprint density at radius 2 is 2.00 bits per heavy atom. The maximum atomic E-state index is 12.7. The van der Waals surface area contributed by atoms with E-state index in [-0.39, 0.29) is 23.9 Å². The number of nitrogens with zero attached hydrogens (tertiary/aromatic N) is 1. The third kappa shape index (κ3) is 2.84. The van der Waals surface area contributed by atoms with E-state index in [2.05, 4.69) is 36.5 Å². The van der Waals surface area contributed by atoms with Crippen LogP contribution in [0.25, 0.3) is 0 Å². The average molecular weight is 295 g/mol. The van der Waals surface area contributed by atoms with Crippen molar-refractivity contribution in [3.8, 4) is 0 Å². The van der Waals surface area contributed by atoms with E-state index in [4.69, 9.17) is 0 Å². The van der Waals surface area contributed by atoms with Crippen LogP contribution < -0.4 is 5.32 Å². The number of nitrogens with one attached hydrogen (secondary N) is 1. The summed E-state index contributed by atoms with van der Waals surface area (Å²) in [5.74, 6) is 0.279. The lowest BCUT2D eigenvalue weighted by Gasteiger charge is -2.39. The number of carbonyl (C=O) groups excluding carboxylic acids is 1. The first-order valence-electron chi connectivity index (χ1n) is 7.30. The predicted molar refractivity (Wildman–Crippen MR) is 83.1 cm³/mol. The highest BCUT2D eigenvalue weighted by atomic mass is 35.5. The molecule has 0 spiro atoms. The first-order valence-corrected chi connectivity index (χ1v) is 7.30. The standard InChI is InChI=1S/C16H22N2O.ClH/c1-16(9-4-5-10-17-16)15(19)18-11-8-13-6-2-3-7-14(13)12-18;/h2-3,6-7,17H,4-5,8-12H2,1H3;1H. The number of benzene rings is 1. The number of fused-ring (bicyclic) bond motifs is 1. The number of halogens is 1. The maximum absolute atomic E-state index is 12.7. The minimum Gasteiger partial charge on any atom is -0.336 e. The van der Waals surface area contributed by atoms with Gasteiger partial charge in [0.15, 0.2) is 0 Å². The second-order valence-electron chi connectivity index (χ2n) is 5.96. The fourth-order valence-electron chi connectivity index (χ4n) is 3.26. The molecule has 0 radical (unpaired) electrons. The van der Waals surface area contributed by atoms with Crippen LogP contribution >= 0.6 is 12.4 Å². The van der Waals surface area contributed by atoms with Crippen LogP contribution in [0.2, 0.25) is 0 Å². The Morgan fingerprint density at radius 3 is 2.70 bits per heavy atom. The van der Waals surface area contributed by atoms with Gasteiger partial charge >= 0.3 is 0 Å². The summed E-state index contributed by atoms with van der Waals surface area (Å²) in [5.41, 5.74) is 2.36. The quantitative estimate of drug-likeness (QED) is 0.863. The van der Waals surface area contributed by atoms with Crippen molar-refractivity contribution in [3.05, 3.63) is 35.4 Å². The smallest absolute Gasteiger partial charge is 0.242 e. The van der Waals surface area contributed by atoms with Crippen LogP contribution in [0.5, 0.6) is 0 Å². The van der Waals surface area contributed by atoms with Gasteiger partial charge in [0, 0.05) is 13.1 Å². The van der Waals surface area contributed by atoms with E-state index in [0.29, 0.717) is 0 Å². The van der Waals surface area contributed by atoms with Crippen molar-refractivity contribution in [2.24, 2.45) is 0 Å². The molecule has 0 saturated carbocycles. The van der Waals surface area contributed by atoms with Crippen LogP contribution in [0.3, 0.4) is 0 Å². The lowest BCUT2D eigenvalue weighted by Crippen LogP contribution is -2.58. The van der Waals surface area contributed by atoms with Gasteiger partial charge in [-0.15, -0.1) is 12.4 Å². The van der Waals surface area contributed by atoms with Gasteiger partial charge in [-0.1, -0.05) is 24.3 Å². The Balaban J connectivity index is 0.00000147. The zero-order chi connectivity index (χ0) is 13.3. The molecule has 1 amide bonds. The number of hydrogen-bond donors (Lipinski definition) is 1. The first-order chi connectivity index (χ1) is 9.19. The van der Waals surface area contributed by atoms with Gasteiger partial charge in [-0.2, -0.15) is 0 Å². The van der Waals surface area contributed by atoms with Gasteiger partial charge in [0.05, 0.1) is 5.54 Å². The molecule has 0 bridgehead atoms. The van der Waals surface area contributed by atoms with Gasteiger partial charge in [-0.3, -0.25) is 4.79 Å². The second-order valence-corrected chi connectivity index (χ2v) is 5.96. The van der Waals surface area contributed by atoms with Crippen molar-refractivity contribution in [1.82, 2.24) is 10.2 Å². The van der Waals surface area contributed by atoms with Crippen molar-refractivity contribution in [2.45, 2.75) is 44.7 Å². The molecule has 3 nitrogen and oxygen atoms in total. The lowest BCUT2D eigenvalue weighted by atomic mass is 9.88. The molecule has 2 aliphatic rings. The Labute approximate surface area is 127 Å². The van der Waals surface area contributed by atoms with Crippen molar-refractivity contribution in [1.29, 1.82) is 0 Å². The van der Waals surface area contributed by atoms with E-state index < -0.39 is 0 Å². The normalized spacial score (nSPS) is 25.6. The summed E-state index contributed by atoms with van der Waals surface area (Å²) in [5, 5.41) is 3.43. The van der Waals surface area contributed by atoms with E-state index in [1.807, 2.05) is 4.90 Å². The van der Waals surface area contributed by atoms with Gasteiger partial charge in [0.25, 0.3) is 0 Å². The van der Waals surface area contributed by atoms with E-state index in [9.17, 15) is 4.79 Å². The van der Waals surface area contributed by atoms with E-state index in [0.717, 1.165) is 38.9 Å². The Bertz CT molecular complexity index is 483. The molecular formula is C16H23ClN2O. The SMILES string of the molecule is CC1(C(=O)N2CCc3ccccc3C2)CCCCN1.Cl. The first kappa shape index (κ1) is 15.3. The van der Waals surface area contributed by atoms with Crippen LogP contribution in [0.1, 0.15) is 37.3 Å². The number of piperidine rings is 1. The van der Waals surface area contributed by atoms with E-state index >= 15 is 0 Å². The van der Waals surface area contributed by atoms with Crippen molar-refractivity contribution in [3.63, 3.8) is 0 Å². The molecule has 3 rings (SSSR count). The lowest BCUT2D eigenvalue weighted by molar-refractivity contribution is -0.139. The Morgan fingerprint density at radius 1 is 1.25 bits per heavy atom. The third-order valence-corrected chi connectivity index (χ3v) is 4.51. The second kappa shape index (κ2) is 6.15. The van der Waals surface area contributed by atoms with Gasteiger partial charge in [0.1, 0.15) is 0 Å². The largest absolute Gasteiger partial charge is 0.336 e. The molecule has 1 fully saturated rings. The highest BCUT2D eigenvalue weighted by Crippen LogP contribution is 2.25. The minimum absolute atomic E-state index is 0. The third-order valence-electron chi connectivity index (χ3n) is 4.51. The highest BCUT2D eigenvalue weighted by molar-refractivity contribution is 5.86. The van der Waals surface area contributed by atoms with Crippen LogP contribution in [0, 0.1) is 0 Å². The van der Waals surface area contributed by atoms with Crippen LogP contribution in [0.15, 0.2) is 24.3 Å². The molecule has 1 aromatic carbocycles. The van der Waals surface area contributed by atoms with Crippen molar-refractivity contribution < 1.29 is 4.79 Å². The molecule has 2 heterocycles. The van der Waals surface area contributed by atoms with Crippen LogP contribution in [0.4, 0.5) is 0 Å². The highest BCUT2D eigenvalue weighted by Gasteiger charge is 2.38. The molecule has 110 valence electrons. The summed E-state index contributed by atoms with van der Waals surface area (Å²) in [6, 6.07) is 8.47. The summed E-state index contributed by atoms with van der Waals surface area (Å²) >= 11 is 0. The van der Waals surface area contributed by atoms with Gasteiger partial charge in [-0.05, 0) is 50.3 Å². The molecule has 1 atom stereocenters. The zero-order valence-corrected chi connectivity index (χ0v) is 12.8.